The zero-order valence-electron chi connectivity index (χ0n) is 15.1. The van der Waals surface area contributed by atoms with Gasteiger partial charge < -0.3 is 10.6 Å². The van der Waals surface area contributed by atoms with E-state index in [1.54, 1.807) is 24.3 Å². The number of anilines is 1. The summed E-state index contributed by atoms with van der Waals surface area (Å²) in [6.07, 6.45) is 0. The maximum Gasteiger partial charge on any atom is 0.257 e. The first kappa shape index (κ1) is 19.9. The number of benzene rings is 3. The number of hydrogen-bond donors (Lipinski definition) is 2. The van der Waals surface area contributed by atoms with Crippen LogP contribution in [0.4, 0.5) is 5.69 Å². The molecule has 2 N–H and O–H groups in total. The average Bonchev–Trinajstić information content (AvgIpc) is 2.69. The zero-order valence-corrected chi connectivity index (χ0v) is 16.6. The number of para-hydroxylation sites is 1. The standard InChI is InChI=1S/C22H18Cl2N2O2/c1-14-7-5-6-8-15(14)13-25-21(27)16-11-18(20(24)19(23)12-16)22(28)26-17-9-3-2-4-10-17/h2-12H,13H2,1H3,(H,25,27)(H,26,28). The topological polar surface area (TPSA) is 58.2 Å². The van der Waals surface area contributed by atoms with Crippen LogP contribution in [-0.2, 0) is 6.54 Å². The van der Waals surface area contributed by atoms with Crippen molar-refractivity contribution < 1.29 is 9.59 Å². The fourth-order valence-corrected chi connectivity index (χ4v) is 3.11. The third-order valence-electron chi connectivity index (χ3n) is 4.27. The molecule has 28 heavy (non-hydrogen) atoms. The second-order valence-corrected chi connectivity index (χ2v) is 7.03. The first-order valence-corrected chi connectivity index (χ1v) is 9.39. The van der Waals surface area contributed by atoms with Crippen molar-refractivity contribution in [3.63, 3.8) is 0 Å². The van der Waals surface area contributed by atoms with E-state index in [4.69, 9.17) is 23.2 Å². The summed E-state index contributed by atoms with van der Waals surface area (Å²) in [5.41, 5.74) is 3.12. The summed E-state index contributed by atoms with van der Waals surface area (Å²) in [7, 11) is 0. The van der Waals surface area contributed by atoms with Gasteiger partial charge in [0.25, 0.3) is 11.8 Å². The minimum Gasteiger partial charge on any atom is -0.348 e. The molecule has 6 heteroatoms. The lowest BCUT2D eigenvalue weighted by Crippen LogP contribution is -2.24. The molecular formula is C22H18Cl2N2O2. The third kappa shape index (κ3) is 4.71. The summed E-state index contributed by atoms with van der Waals surface area (Å²) < 4.78 is 0. The summed E-state index contributed by atoms with van der Waals surface area (Å²) in [6, 6.07) is 19.7. The number of halogens is 2. The van der Waals surface area contributed by atoms with E-state index in [0.29, 0.717) is 12.2 Å². The number of aryl methyl sites for hydroxylation is 1. The molecule has 0 bridgehead atoms. The monoisotopic (exact) mass is 412 g/mol. The van der Waals surface area contributed by atoms with Crippen LogP contribution >= 0.6 is 23.2 Å². The van der Waals surface area contributed by atoms with Gasteiger partial charge in [0.05, 0.1) is 15.6 Å². The van der Waals surface area contributed by atoms with E-state index >= 15 is 0 Å². The number of carbonyl (C=O) groups excluding carboxylic acids is 2. The number of nitrogens with one attached hydrogen (secondary N) is 2. The predicted octanol–water partition coefficient (Wildman–Crippen LogP) is 5.48. The Morgan fingerprint density at radius 1 is 0.893 bits per heavy atom. The van der Waals surface area contributed by atoms with Crippen molar-refractivity contribution in [1.82, 2.24) is 5.32 Å². The van der Waals surface area contributed by atoms with Crippen LogP contribution in [0, 0.1) is 6.92 Å². The van der Waals surface area contributed by atoms with Crippen LogP contribution in [0.3, 0.4) is 0 Å². The SMILES string of the molecule is Cc1ccccc1CNC(=O)c1cc(Cl)c(Cl)c(C(=O)Nc2ccccc2)c1. The van der Waals surface area contributed by atoms with Crippen LogP contribution < -0.4 is 10.6 Å². The summed E-state index contributed by atoms with van der Waals surface area (Å²) in [4.78, 5) is 25.2. The average molecular weight is 413 g/mol. The molecule has 3 aromatic rings. The largest absolute Gasteiger partial charge is 0.348 e. The Morgan fingerprint density at radius 3 is 2.29 bits per heavy atom. The van der Waals surface area contributed by atoms with Gasteiger partial charge in [-0.05, 0) is 42.3 Å². The van der Waals surface area contributed by atoms with Gasteiger partial charge in [-0.1, -0.05) is 65.7 Å². The molecule has 3 aromatic carbocycles. The number of hydrogen-bond acceptors (Lipinski definition) is 2. The van der Waals surface area contributed by atoms with Gasteiger partial charge in [-0.3, -0.25) is 9.59 Å². The lowest BCUT2D eigenvalue weighted by Gasteiger charge is -2.12. The van der Waals surface area contributed by atoms with E-state index in [0.717, 1.165) is 11.1 Å². The summed E-state index contributed by atoms with van der Waals surface area (Å²) in [5.74, 6) is -0.776. The summed E-state index contributed by atoms with van der Waals surface area (Å²) in [5, 5.41) is 5.83. The van der Waals surface area contributed by atoms with Crippen LogP contribution in [0.5, 0.6) is 0 Å². The fraction of sp³-hybridized carbons (Fsp3) is 0.0909. The molecule has 0 unspecified atom stereocenters. The van der Waals surface area contributed by atoms with Gasteiger partial charge in [0.2, 0.25) is 0 Å². The molecule has 0 heterocycles. The normalized spacial score (nSPS) is 10.4. The highest BCUT2D eigenvalue weighted by molar-refractivity contribution is 6.44. The molecule has 0 aliphatic rings. The van der Waals surface area contributed by atoms with Crippen LogP contribution in [0.15, 0.2) is 66.7 Å². The van der Waals surface area contributed by atoms with Crippen LogP contribution in [0.1, 0.15) is 31.8 Å². The third-order valence-corrected chi connectivity index (χ3v) is 5.07. The Kier molecular flexibility index (Phi) is 6.34. The van der Waals surface area contributed by atoms with Crippen molar-refractivity contribution in [2.75, 3.05) is 5.32 Å². The lowest BCUT2D eigenvalue weighted by atomic mass is 10.1. The first-order chi connectivity index (χ1) is 13.5. The smallest absolute Gasteiger partial charge is 0.257 e. The van der Waals surface area contributed by atoms with E-state index in [1.807, 2.05) is 37.3 Å². The molecule has 0 spiro atoms. The fourth-order valence-electron chi connectivity index (χ4n) is 2.69. The highest BCUT2D eigenvalue weighted by Gasteiger charge is 2.18. The maximum absolute atomic E-state index is 12.6. The molecule has 0 saturated heterocycles. The van der Waals surface area contributed by atoms with Crippen molar-refractivity contribution in [3.05, 3.63) is 99.0 Å². The van der Waals surface area contributed by atoms with Gasteiger partial charge in [0.1, 0.15) is 0 Å². The van der Waals surface area contributed by atoms with Crippen molar-refractivity contribution in [2.24, 2.45) is 0 Å². The molecule has 4 nitrogen and oxygen atoms in total. The van der Waals surface area contributed by atoms with Crippen molar-refractivity contribution in [3.8, 4) is 0 Å². The van der Waals surface area contributed by atoms with E-state index in [9.17, 15) is 9.59 Å². The predicted molar refractivity (Wildman–Crippen MR) is 113 cm³/mol. The molecule has 0 fully saturated rings. The molecule has 0 saturated carbocycles. The van der Waals surface area contributed by atoms with Gasteiger partial charge in [-0.15, -0.1) is 0 Å². The highest BCUT2D eigenvalue weighted by atomic mass is 35.5. The number of rotatable bonds is 5. The van der Waals surface area contributed by atoms with Gasteiger partial charge >= 0.3 is 0 Å². The zero-order chi connectivity index (χ0) is 20.1. The molecule has 0 aliphatic carbocycles. The second kappa shape index (κ2) is 8.91. The van der Waals surface area contributed by atoms with E-state index in [-0.39, 0.29) is 27.1 Å². The minimum absolute atomic E-state index is 0.102. The minimum atomic E-state index is -0.438. The van der Waals surface area contributed by atoms with Crippen molar-refractivity contribution in [2.45, 2.75) is 13.5 Å². The first-order valence-electron chi connectivity index (χ1n) is 8.64. The van der Waals surface area contributed by atoms with Gasteiger partial charge in [-0.25, -0.2) is 0 Å². The Morgan fingerprint density at radius 2 is 1.57 bits per heavy atom. The molecule has 0 aliphatic heterocycles. The van der Waals surface area contributed by atoms with Gasteiger partial charge in [0.15, 0.2) is 0 Å². The summed E-state index contributed by atoms with van der Waals surface area (Å²) >= 11 is 12.4. The van der Waals surface area contributed by atoms with E-state index < -0.39 is 5.91 Å². The molecule has 2 amide bonds. The Labute approximate surface area is 173 Å². The summed E-state index contributed by atoms with van der Waals surface area (Å²) in [6.45, 7) is 2.35. The van der Waals surface area contributed by atoms with E-state index in [1.165, 1.54) is 12.1 Å². The maximum atomic E-state index is 12.6. The Balaban J connectivity index is 1.79. The molecule has 0 atom stereocenters. The molecule has 0 aromatic heterocycles. The van der Waals surface area contributed by atoms with Crippen molar-refractivity contribution >= 4 is 40.7 Å². The quantitative estimate of drug-likeness (QED) is 0.582. The number of carbonyl (C=O) groups is 2. The van der Waals surface area contributed by atoms with Crippen LogP contribution in [0.2, 0.25) is 10.0 Å². The molecule has 142 valence electrons. The number of amides is 2. The highest BCUT2D eigenvalue weighted by Crippen LogP contribution is 2.28. The molecular weight excluding hydrogens is 395 g/mol. The second-order valence-electron chi connectivity index (χ2n) is 6.25. The van der Waals surface area contributed by atoms with Crippen LogP contribution in [0.25, 0.3) is 0 Å². The van der Waals surface area contributed by atoms with Crippen molar-refractivity contribution in [1.29, 1.82) is 0 Å². The van der Waals surface area contributed by atoms with Gasteiger partial charge in [0, 0.05) is 17.8 Å². The van der Waals surface area contributed by atoms with Gasteiger partial charge in [-0.2, -0.15) is 0 Å². The Bertz CT molecular complexity index is 1020. The molecule has 3 rings (SSSR count). The lowest BCUT2D eigenvalue weighted by molar-refractivity contribution is 0.0951. The van der Waals surface area contributed by atoms with Crippen LogP contribution in [-0.4, -0.2) is 11.8 Å². The Hall–Kier alpha value is -2.82. The van der Waals surface area contributed by atoms with E-state index in [2.05, 4.69) is 10.6 Å². The molecule has 0 radical (unpaired) electrons.